The van der Waals surface area contributed by atoms with Crippen molar-refractivity contribution in [2.24, 2.45) is 0 Å². The Morgan fingerprint density at radius 1 is 1.15 bits per heavy atom. The molecule has 0 unspecified atom stereocenters. The van der Waals surface area contributed by atoms with E-state index in [9.17, 15) is 0 Å². The van der Waals surface area contributed by atoms with Crippen LogP contribution < -0.4 is 0 Å². The first-order valence-electron chi connectivity index (χ1n) is 5.54. The molecule has 80 valence electrons. The minimum Gasteiger partial charge on any atom is -0.379 e. The van der Waals surface area contributed by atoms with Crippen molar-refractivity contribution in [3.05, 3.63) is 0 Å². The molecule has 0 N–H and O–H groups in total. The molecule has 2 nitrogen and oxygen atoms in total. The van der Waals surface area contributed by atoms with E-state index in [4.69, 9.17) is 4.74 Å². The molecule has 13 heavy (non-hydrogen) atoms. The Morgan fingerprint density at radius 2 is 1.85 bits per heavy atom. The molecule has 0 aliphatic carbocycles. The van der Waals surface area contributed by atoms with E-state index in [2.05, 4.69) is 32.6 Å². The Morgan fingerprint density at radius 3 is 2.31 bits per heavy atom. The topological polar surface area (TPSA) is 12.5 Å². The molecule has 0 aliphatic rings. The van der Waals surface area contributed by atoms with Gasteiger partial charge in [0.1, 0.15) is 0 Å². The third kappa shape index (κ3) is 8.26. The Labute approximate surface area is 83.3 Å². The van der Waals surface area contributed by atoms with Gasteiger partial charge in [0.25, 0.3) is 0 Å². The van der Waals surface area contributed by atoms with E-state index in [1.165, 1.54) is 19.5 Å². The lowest BCUT2D eigenvalue weighted by atomic mass is 10.3. The second-order valence-electron chi connectivity index (χ2n) is 3.71. The first kappa shape index (κ1) is 12.9. The first-order valence-corrected chi connectivity index (χ1v) is 5.54. The number of rotatable bonds is 8. The highest BCUT2D eigenvalue weighted by atomic mass is 16.5. The minimum absolute atomic E-state index is 0.376. The molecule has 0 atom stereocenters. The van der Waals surface area contributed by atoms with E-state index >= 15 is 0 Å². The summed E-state index contributed by atoms with van der Waals surface area (Å²) in [7, 11) is 0. The molecule has 0 heterocycles. The lowest BCUT2D eigenvalue weighted by Crippen LogP contribution is -2.26. The summed E-state index contributed by atoms with van der Waals surface area (Å²) in [6.45, 7) is 13.1. The maximum Gasteiger partial charge on any atom is 0.0518 e. The molecule has 0 bridgehead atoms. The van der Waals surface area contributed by atoms with Crippen LogP contribution in [0.15, 0.2) is 0 Å². The molecule has 0 saturated heterocycles. The molecule has 0 aliphatic heterocycles. The lowest BCUT2D eigenvalue weighted by molar-refractivity contribution is 0.0709. The van der Waals surface area contributed by atoms with Crippen LogP contribution >= 0.6 is 0 Å². The van der Waals surface area contributed by atoms with Crippen LogP contribution in [0.2, 0.25) is 0 Å². The number of hydrogen-bond donors (Lipinski definition) is 0. The van der Waals surface area contributed by atoms with Crippen molar-refractivity contribution in [2.45, 2.75) is 46.6 Å². The lowest BCUT2D eigenvalue weighted by Gasteiger charge is -2.19. The van der Waals surface area contributed by atoms with Gasteiger partial charge in [-0.1, -0.05) is 13.8 Å². The minimum atomic E-state index is 0.376. The Bertz CT molecular complexity index is 104. The molecule has 2 heteroatoms. The van der Waals surface area contributed by atoms with Gasteiger partial charge in [0.05, 0.1) is 6.10 Å². The zero-order valence-electron chi connectivity index (χ0n) is 9.68. The van der Waals surface area contributed by atoms with Crippen molar-refractivity contribution in [1.82, 2.24) is 4.90 Å². The van der Waals surface area contributed by atoms with Crippen LogP contribution in [0.5, 0.6) is 0 Å². The highest BCUT2D eigenvalue weighted by Gasteiger charge is 2.00. The summed E-state index contributed by atoms with van der Waals surface area (Å²) >= 11 is 0. The number of hydrogen-bond acceptors (Lipinski definition) is 2. The second-order valence-corrected chi connectivity index (χ2v) is 3.71. The van der Waals surface area contributed by atoms with Crippen molar-refractivity contribution < 1.29 is 4.74 Å². The van der Waals surface area contributed by atoms with Gasteiger partial charge in [-0.3, -0.25) is 0 Å². The van der Waals surface area contributed by atoms with E-state index < -0.39 is 0 Å². The molecule has 0 spiro atoms. The Kier molecular flexibility index (Phi) is 8.46. The molecule has 0 radical (unpaired) electrons. The zero-order chi connectivity index (χ0) is 10.1. The quantitative estimate of drug-likeness (QED) is 0.541. The van der Waals surface area contributed by atoms with E-state index in [1.54, 1.807) is 0 Å². The first-order chi connectivity index (χ1) is 6.20. The van der Waals surface area contributed by atoms with Crippen LogP contribution in [-0.2, 0) is 4.74 Å². The van der Waals surface area contributed by atoms with Gasteiger partial charge in [0.15, 0.2) is 0 Å². The summed E-state index contributed by atoms with van der Waals surface area (Å²) in [5.74, 6) is 0. The van der Waals surface area contributed by atoms with Crippen LogP contribution in [0.3, 0.4) is 0 Å². The van der Waals surface area contributed by atoms with Crippen LogP contribution in [0, 0.1) is 0 Å². The van der Waals surface area contributed by atoms with Gasteiger partial charge >= 0.3 is 0 Å². The highest BCUT2D eigenvalue weighted by molar-refractivity contribution is 4.53. The summed E-state index contributed by atoms with van der Waals surface area (Å²) in [4.78, 5) is 2.48. The molecule has 0 saturated carbocycles. The predicted octanol–water partition coefficient (Wildman–Crippen LogP) is 2.53. The monoisotopic (exact) mass is 187 g/mol. The van der Waals surface area contributed by atoms with Crippen LogP contribution in [0.4, 0.5) is 0 Å². The summed E-state index contributed by atoms with van der Waals surface area (Å²) in [5, 5.41) is 0. The van der Waals surface area contributed by atoms with Crippen molar-refractivity contribution in [3.8, 4) is 0 Å². The normalized spacial score (nSPS) is 11.5. The van der Waals surface area contributed by atoms with Crippen LogP contribution in [-0.4, -0.2) is 37.2 Å². The maximum absolute atomic E-state index is 5.49. The number of nitrogens with zero attached hydrogens (tertiary/aromatic N) is 1. The van der Waals surface area contributed by atoms with E-state index in [-0.39, 0.29) is 0 Å². The third-order valence-corrected chi connectivity index (χ3v) is 2.06. The summed E-state index contributed by atoms with van der Waals surface area (Å²) in [5.41, 5.74) is 0. The molecular weight excluding hydrogens is 162 g/mol. The fraction of sp³-hybridized carbons (Fsp3) is 1.00. The van der Waals surface area contributed by atoms with E-state index in [0.717, 1.165) is 19.6 Å². The Balaban J connectivity index is 3.27. The van der Waals surface area contributed by atoms with Gasteiger partial charge in [0, 0.05) is 13.2 Å². The van der Waals surface area contributed by atoms with Gasteiger partial charge in [0.2, 0.25) is 0 Å². The summed E-state index contributed by atoms with van der Waals surface area (Å²) in [6.07, 6.45) is 2.78. The highest BCUT2D eigenvalue weighted by Crippen LogP contribution is 1.95. The van der Waals surface area contributed by atoms with Gasteiger partial charge < -0.3 is 9.64 Å². The molecule has 0 rings (SSSR count). The van der Waals surface area contributed by atoms with Gasteiger partial charge in [-0.15, -0.1) is 0 Å². The fourth-order valence-corrected chi connectivity index (χ4v) is 1.35. The van der Waals surface area contributed by atoms with Crippen molar-refractivity contribution in [3.63, 3.8) is 0 Å². The molecular formula is C11H25NO. The second kappa shape index (κ2) is 8.52. The summed E-state index contributed by atoms with van der Waals surface area (Å²) in [6, 6.07) is 0. The smallest absolute Gasteiger partial charge is 0.0518 e. The van der Waals surface area contributed by atoms with Crippen LogP contribution in [0.25, 0.3) is 0 Å². The predicted molar refractivity (Wildman–Crippen MR) is 58.1 cm³/mol. The molecule has 0 amide bonds. The average Bonchev–Trinajstić information content (AvgIpc) is 2.10. The van der Waals surface area contributed by atoms with Gasteiger partial charge in [-0.05, 0) is 39.8 Å². The van der Waals surface area contributed by atoms with Gasteiger partial charge in [-0.2, -0.15) is 0 Å². The molecule has 0 aromatic rings. The Hall–Kier alpha value is -0.0800. The largest absolute Gasteiger partial charge is 0.379 e. The average molecular weight is 187 g/mol. The van der Waals surface area contributed by atoms with Crippen molar-refractivity contribution in [1.29, 1.82) is 0 Å². The molecule has 0 aromatic heterocycles. The maximum atomic E-state index is 5.49. The van der Waals surface area contributed by atoms with E-state index in [0.29, 0.717) is 6.10 Å². The molecule has 0 aromatic carbocycles. The van der Waals surface area contributed by atoms with Crippen molar-refractivity contribution in [2.75, 3.05) is 26.2 Å². The SMILES string of the molecule is CCCN(CC)CCCOC(C)C. The zero-order valence-corrected chi connectivity index (χ0v) is 9.68. The van der Waals surface area contributed by atoms with Crippen molar-refractivity contribution >= 4 is 0 Å². The summed E-state index contributed by atoms with van der Waals surface area (Å²) < 4.78 is 5.49. The molecule has 0 fully saturated rings. The van der Waals surface area contributed by atoms with Crippen LogP contribution in [0.1, 0.15) is 40.5 Å². The number of ether oxygens (including phenoxy) is 1. The van der Waals surface area contributed by atoms with Gasteiger partial charge in [-0.25, -0.2) is 0 Å². The standard InChI is InChI=1S/C11H25NO/c1-5-8-12(6-2)9-7-10-13-11(3)4/h11H,5-10H2,1-4H3. The fourth-order valence-electron chi connectivity index (χ4n) is 1.35. The third-order valence-electron chi connectivity index (χ3n) is 2.06. The van der Waals surface area contributed by atoms with E-state index in [1.807, 2.05) is 0 Å².